The molecule has 7 nitrogen and oxygen atoms in total. The van der Waals surface area contributed by atoms with Gasteiger partial charge in [-0.2, -0.15) is 14.6 Å². The van der Waals surface area contributed by atoms with Gasteiger partial charge in [-0.15, -0.1) is 0 Å². The zero-order valence-electron chi connectivity index (χ0n) is 13.4. The third kappa shape index (κ3) is 2.59. The van der Waals surface area contributed by atoms with Gasteiger partial charge in [0, 0.05) is 18.6 Å². The van der Waals surface area contributed by atoms with Crippen molar-refractivity contribution in [2.24, 2.45) is 0 Å². The molecule has 0 spiro atoms. The van der Waals surface area contributed by atoms with Crippen LogP contribution in [0, 0.1) is 0 Å². The van der Waals surface area contributed by atoms with Gasteiger partial charge in [0.05, 0.1) is 18.3 Å². The minimum Gasteiger partial charge on any atom is -0.459 e. The highest BCUT2D eigenvalue weighted by Gasteiger charge is 2.14. The zero-order chi connectivity index (χ0) is 16.5. The number of methoxy groups -OCH3 is 1. The number of ether oxygens (including phenoxy) is 1. The number of rotatable bonds is 5. The Balaban J connectivity index is 1.68. The number of para-hydroxylation sites is 1. The van der Waals surface area contributed by atoms with Crippen LogP contribution >= 0.6 is 0 Å². The summed E-state index contributed by atoms with van der Waals surface area (Å²) in [6, 6.07) is 11.9. The van der Waals surface area contributed by atoms with Gasteiger partial charge in [0.25, 0.3) is 5.78 Å². The fourth-order valence-electron chi connectivity index (χ4n) is 2.69. The highest BCUT2D eigenvalue weighted by Crippen LogP contribution is 2.26. The van der Waals surface area contributed by atoms with Crippen LogP contribution in [0.5, 0.6) is 0 Å². The van der Waals surface area contributed by atoms with Crippen molar-refractivity contribution in [2.45, 2.75) is 19.6 Å². The smallest absolute Gasteiger partial charge is 0.254 e. The third-order valence-electron chi connectivity index (χ3n) is 3.83. The second kappa shape index (κ2) is 5.93. The topological polar surface area (TPSA) is 77.5 Å². The zero-order valence-corrected chi connectivity index (χ0v) is 13.4. The predicted molar refractivity (Wildman–Crippen MR) is 89.7 cm³/mol. The van der Waals surface area contributed by atoms with E-state index in [1.54, 1.807) is 11.6 Å². The van der Waals surface area contributed by atoms with E-state index in [-0.39, 0.29) is 6.04 Å². The van der Waals surface area contributed by atoms with Gasteiger partial charge in [-0.1, -0.05) is 18.2 Å². The average Bonchev–Trinajstić information content (AvgIpc) is 3.21. The van der Waals surface area contributed by atoms with Gasteiger partial charge in [-0.3, -0.25) is 0 Å². The molecule has 0 bridgehead atoms. The fourth-order valence-corrected chi connectivity index (χ4v) is 2.69. The Labute approximate surface area is 138 Å². The number of nitrogens with zero attached hydrogens (tertiary/aromatic N) is 4. The van der Waals surface area contributed by atoms with Crippen LogP contribution in [0.4, 0.5) is 5.82 Å². The molecule has 0 aliphatic rings. The summed E-state index contributed by atoms with van der Waals surface area (Å²) in [5.74, 6) is 2.18. The maximum absolute atomic E-state index is 5.93. The molecule has 0 radical (unpaired) electrons. The Morgan fingerprint density at radius 1 is 1.29 bits per heavy atom. The summed E-state index contributed by atoms with van der Waals surface area (Å²) in [5.41, 5.74) is 1.67. The van der Waals surface area contributed by atoms with E-state index in [9.17, 15) is 0 Å². The first kappa shape index (κ1) is 14.6. The van der Waals surface area contributed by atoms with E-state index in [0.29, 0.717) is 12.4 Å². The van der Waals surface area contributed by atoms with E-state index < -0.39 is 0 Å². The molecule has 3 aromatic heterocycles. The SMILES string of the molecule is COCc1cc(N[C@H](C)c2cc3ccccc3o2)n2ncnc2n1. The summed E-state index contributed by atoms with van der Waals surface area (Å²) in [4.78, 5) is 8.56. The van der Waals surface area contributed by atoms with Gasteiger partial charge in [0.1, 0.15) is 23.5 Å². The van der Waals surface area contributed by atoms with E-state index in [0.717, 1.165) is 28.2 Å². The molecule has 0 aliphatic heterocycles. The molecule has 0 unspecified atom stereocenters. The minimum absolute atomic E-state index is 0.0393. The van der Waals surface area contributed by atoms with Gasteiger partial charge in [-0.25, -0.2) is 4.98 Å². The lowest BCUT2D eigenvalue weighted by Crippen LogP contribution is -2.11. The van der Waals surface area contributed by atoms with Crippen molar-refractivity contribution in [2.75, 3.05) is 12.4 Å². The molecular weight excluding hydrogens is 306 g/mol. The molecule has 1 N–H and O–H groups in total. The maximum atomic E-state index is 5.93. The summed E-state index contributed by atoms with van der Waals surface area (Å²) < 4.78 is 12.8. The van der Waals surface area contributed by atoms with Crippen LogP contribution in [0.3, 0.4) is 0 Å². The Bertz CT molecular complexity index is 958. The predicted octanol–water partition coefficient (Wildman–Crippen LogP) is 3.19. The van der Waals surface area contributed by atoms with Crippen molar-refractivity contribution in [1.82, 2.24) is 19.6 Å². The Morgan fingerprint density at radius 2 is 2.17 bits per heavy atom. The van der Waals surface area contributed by atoms with E-state index in [1.165, 1.54) is 6.33 Å². The van der Waals surface area contributed by atoms with Crippen LogP contribution in [0.25, 0.3) is 16.7 Å². The van der Waals surface area contributed by atoms with E-state index in [4.69, 9.17) is 9.15 Å². The minimum atomic E-state index is -0.0393. The van der Waals surface area contributed by atoms with Gasteiger partial charge < -0.3 is 14.5 Å². The van der Waals surface area contributed by atoms with Crippen LogP contribution < -0.4 is 5.32 Å². The first-order valence-electron chi connectivity index (χ1n) is 7.68. The molecule has 4 aromatic rings. The van der Waals surface area contributed by atoms with Crippen LogP contribution in [-0.2, 0) is 11.3 Å². The Kier molecular flexibility index (Phi) is 3.62. The van der Waals surface area contributed by atoms with Crippen LogP contribution in [0.1, 0.15) is 24.4 Å². The van der Waals surface area contributed by atoms with Gasteiger partial charge in [0.2, 0.25) is 0 Å². The molecular formula is C17H17N5O2. The average molecular weight is 323 g/mol. The molecule has 0 aliphatic carbocycles. The first-order chi connectivity index (χ1) is 11.7. The number of furan rings is 1. The molecule has 122 valence electrons. The van der Waals surface area contributed by atoms with E-state index in [1.807, 2.05) is 43.3 Å². The number of benzene rings is 1. The summed E-state index contributed by atoms with van der Waals surface area (Å²) in [7, 11) is 1.64. The normalized spacial score (nSPS) is 12.8. The number of aromatic nitrogens is 4. The lowest BCUT2D eigenvalue weighted by atomic mass is 10.2. The van der Waals surface area contributed by atoms with Gasteiger partial charge in [-0.05, 0) is 19.1 Å². The number of fused-ring (bicyclic) bond motifs is 2. The molecule has 7 heteroatoms. The number of nitrogens with one attached hydrogen (secondary N) is 1. The third-order valence-corrected chi connectivity index (χ3v) is 3.83. The van der Waals surface area contributed by atoms with E-state index in [2.05, 4.69) is 20.4 Å². The largest absolute Gasteiger partial charge is 0.459 e. The second-order valence-corrected chi connectivity index (χ2v) is 5.59. The molecule has 1 aromatic carbocycles. The lowest BCUT2D eigenvalue weighted by Gasteiger charge is -2.14. The molecule has 1 atom stereocenters. The number of hydrogen-bond acceptors (Lipinski definition) is 6. The molecule has 3 heterocycles. The molecule has 0 amide bonds. The number of anilines is 1. The quantitative estimate of drug-likeness (QED) is 0.608. The van der Waals surface area contributed by atoms with Crippen LogP contribution in [0.2, 0.25) is 0 Å². The van der Waals surface area contributed by atoms with Crippen molar-refractivity contribution in [3.05, 3.63) is 54.2 Å². The van der Waals surface area contributed by atoms with Crippen molar-refractivity contribution >= 4 is 22.6 Å². The highest BCUT2D eigenvalue weighted by molar-refractivity contribution is 5.77. The van der Waals surface area contributed by atoms with Crippen LogP contribution in [-0.4, -0.2) is 26.7 Å². The summed E-state index contributed by atoms with van der Waals surface area (Å²) >= 11 is 0. The second-order valence-electron chi connectivity index (χ2n) is 5.59. The maximum Gasteiger partial charge on any atom is 0.254 e. The number of hydrogen-bond donors (Lipinski definition) is 1. The fraction of sp³-hybridized carbons (Fsp3) is 0.235. The molecule has 0 fully saturated rings. The molecule has 4 rings (SSSR count). The summed E-state index contributed by atoms with van der Waals surface area (Å²) in [6.45, 7) is 2.45. The Hall–Kier alpha value is -2.93. The Morgan fingerprint density at radius 3 is 3.00 bits per heavy atom. The van der Waals surface area contributed by atoms with Crippen molar-refractivity contribution in [3.8, 4) is 0 Å². The molecule has 0 saturated carbocycles. The monoisotopic (exact) mass is 323 g/mol. The van der Waals surface area contributed by atoms with E-state index >= 15 is 0 Å². The molecule has 0 saturated heterocycles. The first-order valence-corrected chi connectivity index (χ1v) is 7.68. The summed E-state index contributed by atoms with van der Waals surface area (Å²) in [6.07, 6.45) is 1.48. The molecule has 24 heavy (non-hydrogen) atoms. The van der Waals surface area contributed by atoms with Crippen molar-refractivity contribution in [1.29, 1.82) is 0 Å². The van der Waals surface area contributed by atoms with Gasteiger partial charge >= 0.3 is 0 Å². The standard InChI is InChI=1S/C17H17N5O2/c1-11(15-7-12-5-3-4-6-14(12)24-15)20-16-8-13(9-23-2)21-17-18-10-19-22(16)17/h3-8,10-11,20H,9H2,1-2H3/t11-/m1/s1. The van der Waals surface area contributed by atoms with Crippen molar-refractivity contribution in [3.63, 3.8) is 0 Å². The highest BCUT2D eigenvalue weighted by atomic mass is 16.5. The van der Waals surface area contributed by atoms with Gasteiger partial charge in [0.15, 0.2) is 0 Å². The van der Waals surface area contributed by atoms with Crippen molar-refractivity contribution < 1.29 is 9.15 Å². The summed E-state index contributed by atoms with van der Waals surface area (Å²) in [5, 5.41) is 8.72. The lowest BCUT2D eigenvalue weighted by molar-refractivity contribution is 0.181. The van der Waals surface area contributed by atoms with Crippen LogP contribution in [0.15, 0.2) is 47.1 Å².